The molecule has 3 saturated carbocycles. The summed E-state index contributed by atoms with van der Waals surface area (Å²) >= 11 is 0. The van der Waals surface area contributed by atoms with Crippen molar-refractivity contribution in [3.63, 3.8) is 0 Å². The maximum absolute atomic E-state index is 13.9. The van der Waals surface area contributed by atoms with Gasteiger partial charge in [0.15, 0.2) is 0 Å². The highest BCUT2D eigenvalue weighted by Gasteiger charge is 2.76. The molecule has 4 bridgehead atoms. The molecule has 1 aromatic carbocycles. The summed E-state index contributed by atoms with van der Waals surface area (Å²) in [7, 11) is 0. The van der Waals surface area contributed by atoms with Crippen molar-refractivity contribution in [3.05, 3.63) is 29.3 Å². The predicted octanol–water partition coefficient (Wildman–Crippen LogP) is 3.06. The molecule has 5 unspecified atom stereocenters. The average Bonchev–Trinajstić information content (AvgIpc) is 3.59. The number of likely N-dealkylation sites (tertiary alicyclic amines) is 2. The van der Waals surface area contributed by atoms with Gasteiger partial charge in [-0.2, -0.15) is 0 Å². The largest absolute Gasteiger partial charge is 0.508 e. The maximum atomic E-state index is 13.9. The molecule has 7 aliphatic rings. The van der Waals surface area contributed by atoms with E-state index < -0.39 is 0 Å². The van der Waals surface area contributed by atoms with E-state index in [1.807, 2.05) is 15.9 Å². The first-order chi connectivity index (χ1) is 17.9. The Labute approximate surface area is 219 Å². The molecule has 198 valence electrons. The van der Waals surface area contributed by atoms with E-state index in [1.165, 1.54) is 49.8 Å². The van der Waals surface area contributed by atoms with Crippen LogP contribution in [0, 0.1) is 23.2 Å². The number of hydrogen-bond donors (Lipinski definition) is 1. The molecule has 3 saturated heterocycles. The van der Waals surface area contributed by atoms with Gasteiger partial charge >= 0.3 is 6.03 Å². The molecule has 0 aromatic heterocycles. The molecule has 7 nitrogen and oxygen atoms in total. The lowest BCUT2D eigenvalue weighted by Gasteiger charge is -2.66. The quantitative estimate of drug-likeness (QED) is 0.672. The third kappa shape index (κ3) is 2.92. The van der Waals surface area contributed by atoms with Crippen molar-refractivity contribution in [1.29, 1.82) is 0 Å². The highest BCUT2D eigenvalue weighted by molar-refractivity contribution is 5.77. The Hall–Kier alpha value is -2.28. The van der Waals surface area contributed by atoms with E-state index in [2.05, 4.69) is 21.9 Å². The normalized spacial score (nSPS) is 40.0. The van der Waals surface area contributed by atoms with Crippen molar-refractivity contribution in [3.8, 4) is 5.75 Å². The molecule has 6 fully saturated rings. The van der Waals surface area contributed by atoms with Gasteiger partial charge in [0.2, 0.25) is 5.91 Å². The van der Waals surface area contributed by atoms with Crippen molar-refractivity contribution >= 4 is 11.9 Å². The van der Waals surface area contributed by atoms with Gasteiger partial charge in [0, 0.05) is 63.7 Å². The number of amides is 3. The Kier molecular flexibility index (Phi) is 4.69. The minimum absolute atomic E-state index is 0.0833. The zero-order chi connectivity index (χ0) is 25.1. The number of hydrogen-bond acceptors (Lipinski definition) is 4. The Morgan fingerprint density at radius 1 is 1.03 bits per heavy atom. The summed E-state index contributed by atoms with van der Waals surface area (Å²) in [6.45, 7) is 7.50. The van der Waals surface area contributed by atoms with Crippen LogP contribution in [-0.4, -0.2) is 94.5 Å². The minimum atomic E-state index is 0.0833. The summed E-state index contributed by atoms with van der Waals surface area (Å²) in [5.41, 5.74) is 3.25. The molecule has 0 spiro atoms. The van der Waals surface area contributed by atoms with E-state index in [0.717, 1.165) is 31.8 Å². The van der Waals surface area contributed by atoms with Crippen molar-refractivity contribution in [2.24, 2.45) is 23.2 Å². The van der Waals surface area contributed by atoms with E-state index in [1.54, 1.807) is 6.92 Å². The molecular weight excluding hydrogens is 464 g/mol. The van der Waals surface area contributed by atoms with Gasteiger partial charge in [-0.15, -0.1) is 0 Å². The van der Waals surface area contributed by atoms with Crippen LogP contribution in [0.2, 0.25) is 0 Å². The fourth-order valence-corrected chi connectivity index (χ4v) is 10.6. The number of phenolic OH excluding ortho intramolecular Hbond substituents is 1. The summed E-state index contributed by atoms with van der Waals surface area (Å²) in [5.74, 6) is 2.45. The summed E-state index contributed by atoms with van der Waals surface area (Å²) in [4.78, 5) is 34.7. The van der Waals surface area contributed by atoms with Gasteiger partial charge in [-0.05, 0) is 97.9 Å². The smallest absolute Gasteiger partial charge is 0.320 e. The number of urea groups is 1. The zero-order valence-corrected chi connectivity index (χ0v) is 22.1. The van der Waals surface area contributed by atoms with Crippen LogP contribution in [0.3, 0.4) is 0 Å². The monoisotopic (exact) mass is 504 g/mol. The highest BCUT2D eigenvalue weighted by atomic mass is 16.3. The molecule has 4 aliphatic carbocycles. The summed E-state index contributed by atoms with van der Waals surface area (Å²) in [6, 6.07) is 7.32. The first-order valence-electron chi connectivity index (χ1n) is 14.8. The van der Waals surface area contributed by atoms with E-state index >= 15 is 0 Å². The third-order valence-electron chi connectivity index (χ3n) is 12.0. The van der Waals surface area contributed by atoms with Crippen LogP contribution in [0.5, 0.6) is 5.75 Å². The number of benzene rings is 1. The van der Waals surface area contributed by atoms with Crippen molar-refractivity contribution < 1.29 is 14.7 Å². The van der Waals surface area contributed by atoms with E-state index in [9.17, 15) is 14.7 Å². The van der Waals surface area contributed by atoms with Crippen LogP contribution in [0.25, 0.3) is 0 Å². The van der Waals surface area contributed by atoms with Crippen molar-refractivity contribution in [1.82, 2.24) is 19.6 Å². The number of nitrogens with zero attached hydrogens (tertiary/aromatic N) is 4. The standard InChI is InChI=1S/C30H40N4O3/c1-19(35)31-10-12-32(13-11-31)28(37)34-18-22-16-29-7-6-25(34)27(22)30(29)8-9-33(17-20-2-3-20)26(29)14-21-4-5-23(36)15-24(21)30/h4-5,15,20,22,25-27,36H,2-3,6-14,16-18H2,1H3/t22-,25?,26?,27?,29?,30?/m1/s1. The molecule has 1 aromatic rings. The van der Waals surface area contributed by atoms with E-state index in [-0.39, 0.29) is 22.8 Å². The van der Waals surface area contributed by atoms with Gasteiger partial charge in [0.05, 0.1) is 0 Å². The lowest BCUT2D eigenvalue weighted by molar-refractivity contribution is -0.130. The van der Waals surface area contributed by atoms with Gasteiger partial charge in [0.25, 0.3) is 0 Å². The fourth-order valence-electron chi connectivity index (χ4n) is 10.6. The molecule has 8 rings (SSSR count). The number of aromatic hydroxyl groups is 1. The van der Waals surface area contributed by atoms with Crippen LogP contribution in [-0.2, 0) is 16.6 Å². The SMILES string of the molecule is CC(=O)N1CCN(C(=O)N2C[C@H]3CC45CCC2C3C42CCN(CC3CC3)C5Cc3ccc(O)cc32)CC1. The van der Waals surface area contributed by atoms with Crippen LogP contribution in [0.1, 0.15) is 56.6 Å². The van der Waals surface area contributed by atoms with Gasteiger partial charge in [-0.25, -0.2) is 4.79 Å². The van der Waals surface area contributed by atoms with Gasteiger partial charge in [-0.3, -0.25) is 9.69 Å². The minimum Gasteiger partial charge on any atom is -0.508 e. The second-order valence-electron chi connectivity index (χ2n) is 13.4. The number of carbonyl (C=O) groups excluding carboxylic acids is 2. The fraction of sp³-hybridized carbons (Fsp3) is 0.733. The third-order valence-corrected chi connectivity index (χ3v) is 12.0. The van der Waals surface area contributed by atoms with Crippen LogP contribution >= 0.6 is 0 Å². The molecule has 6 atom stereocenters. The molecule has 3 heterocycles. The summed E-state index contributed by atoms with van der Waals surface area (Å²) in [6.07, 6.45) is 8.64. The Bertz CT molecular complexity index is 1160. The Balaban J connectivity index is 1.15. The Morgan fingerprint density at radius 3 is 2.57 bits per heavy atom. The number of carbonyl (C=O) groups is 2. The predicted molar refractivity (Wildman–Crippen MR) is 139 cm³/mol. The molecule has 1 N–H and O–H groups in total. The first-order valence-corrected chi connectivity index (χ1v) is 14.8. The van der Waals surface area contributed by atoms with E-state index in [4.69, 9.17) is 0 Å². The number of piperazine rings is 1. The number of phenols is 1. The van der Waals surface area contributed by atoms with Crippen molar-refractivity contribution in [2.75, 3.05) is 45.8 Å². The van der Waals surface area contributed by atoms with Crippen molar-refractivity contribution in [2.45, 2.75) is 69.4 Å². The van der Waals surface area contributed by atoms with Gasteiger partial charge < -0.3 is 19.8 Å². The molecule has 37 heavy (non-hydrogen) atoms. The summed E-state index contributed by atoms with van der Waals surface area (Å²) < 4.78 is 0. The van der Waals surface area contributed by atoms with Crippen LogP contribution in [0.4, 0.5) is 4.79 Å². The molecule has 3 aliphatic heterocycles. The lowest BCUT2D eigenvalue weighted by atomic mass is 9.43. The Morgan fingerprint density at radius 2 is 1.81 bits per heavy atom. The lowest BCUT2D eigenvalue weighted by Crippen LogP contribution is -2.70. The second kappa shape index (κ2) is 7.64. The number of fused-ring (bicyclic) bond motifs is 1. The average molecular weight is 505 g/mol. The summed E-state index contributed by atoms with van der Waals surface area (Å²) in [5, 5.41) is 10.7. The van der Waals surface area contributed by atoms with Crippen LogP contribution in [0.15, 0.2) is 18.2 Å². The molecule has 0 radical (unpaired) electrons. The number of rotatable bonds is 2. The highest BCUT2D eigenvalue weighted by Crippen LogP contribution is 2.75. The van der Waals surface area contributed by atoms with E-state index in [0.29, 0.717) is 55.8 Å². The first kappa shape index (κ1) is 22.7. The number of piperidine rings is 1. The maximum Gasteiger partial charge on any atom is 0.320 e. The molecule has 3 amide bonds. The van der Waals surface area contributed by atoms with Crippen LogP contribution < -0.4 is 0 Å². The topological polar surface area (TPSA) is 67.3 Å². The van der Waals surface area contributed by atoms with Gasteiger partial charge in [0.1, 0.15) is 5.75 Å². The second-order valence-corrected chi connectivity index (χ2v) is 13.4. The zero-order valence-electron chi connectivity index (χ0n) is 22.1. The molecule has 7 heteroatoms. The molecular formula is C30H40N4O3. The van der Waals surface area contributed by atoms with Gasteiger partial charge in [-0.1, -0.05) is 6.07 Å².